The summed E-state index contributed by atoms with van der Waals surface area (Å²) in [6.45, 7) is 0. The summed E-state index contributed by atoms with van der Waals surface area (Å²) in [5.41, 5.74) is 9.42. The number of hydrogen-bond acceptors (Lipinski definition) is 8. The number of hydrogen-bond donors (Lipinski definition) is 0. The number of fused-ring (bicyclic) bond motifs is 6. The van der Waals surface area contributed by atoms with Gasteiger partial charge < -0.3 is 4.42 Å². The lowest BCUT2D eigenvalue weighted by molar-refractivity contribution is 0.669. The average Bonchev–Trinajstić information content (AvgIpc) is 3.92. The van der Waals surface area contributed by atoms with Crippen LogP contribution in [0.25, 0.3) is 122 Å². The van der Waals surface area contributed by atoms with E-state index in [9.17, 15) is 0 Å². The van der Waals surface area contributed by atoms with Crippen molar-refractivity contribution in [2.45, 2.75) is 0 Å². The quantitative estimate of drug-likeness (QED) is 0.158. The predicted octanol–water partition coefficient (Wildman–Crippen LogP) is 14.0. The highest BCUT2D eigenvalue weighted by Crippen LogP contribution is 2.40. The van der Waals surface area contributed by atoms with Crippen LogP contribution in [0, 0.1) is 0 Å². The van der Waals surface area contributed by atoms with Crippen LogP contribution in [0.2, 0.25) is 0 Å². The Bertz CT molecular complexity index is 3570. The molecule has 7 nitrogen and oxygen atoms in total. The van der Waals surface area contributed by atoms with Crippen molar-refractivity contribution in [3.05, 3.63) is 194 Å². The fourth-order valence-electron chi connectivity index (χ4n) is 8.15. The maximum absolute atomic E-state index is 6.23. The first kappa shape index (κ1) is 35.7. The minimum Gasteiger partial charge on any atom is -0.456 e. The number of benzene rings is 8. The van der Waals surface area contributed by atoms with E-state index in [2.05, 4.69) is 72.8 Å². The van der Waals surface area contributed by atoms with E-state index in [1.165, 1.54) is 20.2 Å². The molecule has 0 unspecified atom stereocenters. The van der Waals surface area contributed by atoms with Gasteiger partial charge in [-0.15, -0.1) is 11.3 Å². The molecule has 4 heterocycles. The van der Waals surface area contributed by atoms with Gasteiger partial charge in [0.25, 0.3) is 0 Å². The standard InChI is InChI=1S/C54H32N6OS/c1-4-13-34(14-5-1)49-55-50(35-15-6-2-7-16-35)58-53(57-49)39-28-30-46-43(31-39)40-29-27-38(32-47(40)62-46)33-23-25-37(26-24-33)52-56-51(36-17-8-3-9-18-36)59-54(60-52)42-20-12-22-45-48(42)41-19-10-11-21-44(41)61-45/h1-32H. The number of thiophene rings is 1. The molecule has 0 amide bonds. The van der Waals surface area contributed by atoms with Crippen molar-refractivity contribution in [1.29, 1.82) is 0 Å². The van der Waals surface area contributed by atoms with Gasteiger partial charge in [0, 0.05) is 64.3 Å². The van der Waals surface area contributed by atoms with Crippen molar-refractivity contribution in [2.24, 2.45) is 0 Å². The number of rotatable bonds is 7. The molecule has 8 aromatic carbocycles. The molecule has 290 valence electrons. The number of nitrogens with zero attached hydrogens (tertiary/aromatic N) is 6. The highest BCUT2D eigenvalue weighted by Gasteiger charge is 2.19. The summed E-state index contributed by atoms with van der Waals surface area (Å²) >= 11 is 1.79. The van der Waals surface area contributed by atoms with E-state index in [0.29, 0.717) is 34.9 Å². The van der Waals surface area contributed by atoms with Crippen LogP contribution in [0.5, 0.6) is 0 Å². The maximum Gasteiger partial charge on any atom is 0.164 e. The normalized spacial score (nSPS) is 11.5. The molecule has 4 aromatic heterocycles. The van der Waals surface area contributed by atoms with Crippen LogP contribution in [0.1, 0.15) is 0 Å². The van der Waals surface area contributed by atoms with Crippen LogP contribution < -0.4 is 0 Å². The molecule has 0 aliphatic carbocycles. The molecule has 8 heteroatoms. The van der Waals surface area contributed by atoms with E-state index < -0.39 is 0 Å². The summed E-state index contributed by atoms with van der Waals surface area (Å²) in [5.74, 6) is 3.75. The molecule has 0 aliphatic rings. The first-order chi connectivity index (χ1) is 30.7. The second kappa shape index (κ2) is 14.8. The van der Waals surface area contributed by atoms with Gasteiger partial charge in [-0.3, -0.25) is 0 Å². The highest BCUT2D eigenvalue weighted by molar-refractivity contribution is 7.25. The van der Waals surface area contributed by atoms with Crippen LogP contribution >= 0.6 is 11.3 Å². The Hall–Kier alpha value is -8.20. The van der Waals surface area contributed by atoms with Gasteiger partial charge in [0.2, 0.25) is 0 Å². The summed E-state index contributed by atoms with van der Waals surface area (Å²) in [6, 6.07) is 66.0. The second-order valence-corrected chi connectivity index (χ2v) is 16.2. The van der Waals surface area contributed by atoms with E-state index >= 15 is 0 Å². The van der Waals surface area contributed by atoms with E-state index in [0.717, 1.165) is 66.4 Å². The Labute approximate surface area is 359 Å². The van der Waals surface area contributed by atoms with Gasteiger partial charge in [0.15, 0.2) is 34.9 Å². The summed E-state index contributed by atoms with van der Waals surface area (Å²) < 4.78 is 8.64. The third-order valence-corrected chi connectivity index (χ3v) is 12.3. The molecule has 0 atom stereocenters. The Morgan fingerprint density at radius 1 is 0.290 bits per heavy atom. The molecule has 62 heavy (non-hydrogen) atoms. The summed E-state index contributed by atoms with van der Waals surface area (Å²) in [7, 11) is 0. The van der Waals surface area contributed by atoms with Crippen molar-refractivity contribution in [2.75, 3.05) is 0 Å². The summed E-state index contributed by atoms with van der Waals surface area (Å²) in [4.78, 5) is 30.0. The molecule has 0 radical (unpaired) electrons. The molecule has 0 saturated carbocycles. The molecule has 12 aromatic rings. The van der Waals surface area contributed by atoms with Gasteiger partial charge in [0.1, 0.15) is 11.2 Å². The first-order valence-electron chi connectivity index (χ1n) is 20.4. The third-order valence-electron chi connectivity index (χ3n) is 11.2. The van der Waals surface area contributed by atoms with Crippen LogP contribution in [0.15, 0.2) is 199 Å². The Balaban J connectivity index is 0.903. The monoisotopic (exact) mass is 812 g/mol. The van der Waals surface area contributed by atoms with Crippen molar-refractivity contribution in [1.82, 2.24) is 29.9 Å². The van der Waals surface area contributed by atoms with E-state index in [4.69, 9.17) is 34.3 Å². The lowest BCUT2D eigenvalue weighted by atomic mass is 10.0. The first-order valence-corrected chi connectivity index (χ1v) is 21.2. The van der Waals surface area contributed by atoms with E-state index in [-0.39, 0.29) is 0 Å². The van der Waals surface area contributed by atoms with Gasteiger partial charge in [-0.2, -0.15) is 0 Å². The second-order valence-electron chi connectivity index (χ2n) is 15.1. The van der Waals surface area contributed by atoms with Crippen LogP contribution in [0.4, 0.5) is 0 Å². The van der Waals surface area contributed by atoms with Crippen molar-refractivity contribution in [3.8, 4) is 79.5 Å². The molecule has 0 N–H and O–H groups in total. The van der Waals surface area contributed by atoms with Crippen LogP contribution in [-0.2, 0) is 0 Å². The molecule has 0 saturated heterocycles. The molecule has 0 fully saturated rings. The van der Waals surface area contributed by atoms with Crippen molar-refractivity contribution in [3.63, 3.8) is 0 Å². The van der Waals surface area contributed by atoms with Crippen LogP contribution in [0.3, 0.4) is 0 Å². The highest BCUT2D eigenvalue weighted by atomic mass is 32.1. The molecule has 0 spiro atoms. The fourth-order valence-corrected chi connectivity index (χ4v) is 9.27. The lowest BCUT2D eigenvalue weighted by Gasteiger charge is -2.10. The molecular formula is C54H32N6OS. The minimum absolute atomic E-state index is 0.595. The van der Waals surface area contributed by atoms with Gasteiger partial charge in [-0.1, -0.05) is 158 Å². The van der Waals surface area contributed by atoms with Gasteiger partial charge in [0.05, 0.1) is 0 Å². The van der Waals surface area contributed by atoms with Gasteiger partial charge >= 0.3 is 0 Å². The largest absolute Gasteiger partial charge is 0.456 e. The Morgan fingerprint density at radius 2 is 0.774 bits per heavy atom. The van der Waals surface area contributed by atoms with E-state index in [1.54, 1.807) is 11.3 Å². The van der Waals surface area contributed by atoms with Gasteiger partial charge in [-0.25, -0.2) is 29.9 Å². The Kier molecular flexibility index (Phi) is 8.53. The zero-order valence-corrected chi connectivity index (χ0v) is 33.8. The average molecular weight is 813 g/mol. The Morgan fingerprint density at radius 3 is 1.40 bits per heavy atom. The number of furan rings is 1. The minimum atomic E-state index is 0.595. The van der Waals surface area contributed by atoms with Crippen LogP contribution in [-0.4, -0.2) is 29.9 Å². The molecule has 12 rings (SSSR count). The zero-order valence-electron chi connectivity index (χ0n) is 33.0. The van der Waals surface area contributed by atoms with E-state index in [1.807, 2.05) is 121 Å². The molecule has 0 bridgehead atoms. The topological polar surface area (TPSA) is 90.5 Å². The smallest absolute Gasteiger partial charge is 0.164 e. The SMILES string of the molecule is c1ccc(-c2nc(-c3ccccc3)nc(-c3ccc4sc5cc(-c6ccc(-c7nc(-c8ccccc8)nc(-c8cccc9oc%10ccccc%10c89)n7)cc6)ccc5c4c3)n2)cc1. The third kappa shape index (κ3) is 6.38. The predicted molar refractivity (Wildman–Crippen MR) is 251 cm³/mol. The van der Waals surface area contributed by atoms with Gasteiger partial charge in [-0.05, 0) is 47.5 Å². The molecule has 0 aliphatic heterocycles. The zero-order chi connectivity index (χ0) is 41.0. The van der Waals surface area contributed by atoms with Crippen molar-refractivity contribution >= 4 is 53.4 Å². The van der Waals surface area contributed by atoms with Crippen molar-refractivity contribution < 1.29 is 4.42 Å². The fraction of sp³-hybridized carbons (Fsp3) is 0. The lowest BCUT2D eigenvalue weighted by Crippen LogP contribution is -2.00. The number of aromatic nitrogens is 6. The molecular weight excluding hydrogens is 781 g/mol. The summed E-state index contributed by atoms with van der Waals surface area (Å²) in [5, 5.41) is 4.38. The number of para-hydroxylation sites is 1. The maximum atomic E-state index is 6.23. The summed E-state index contributed by atoms with van der Waals surface area (Å²) in [6.07, 6.45) is 0.